The minimum absolute atomic E-state index is 0.113. The molecule has 0 spiro atoms. The first-order valence-electron chi connectivity index (χ1n) is 5.74. The number of hydrogen-bond acceptors (Lipinski definition) is 5. The lowest BCUT2D eigenvalue weighted by atomic mass is 10.2. The Bertz CT molecular complexity index is 432. The molecule has 0 fully saturated rings. The van der Waals surface area contributed by atoms with E-state index in [0.29, 0.717) is 0 Å². The summed E-state index contributed by atoms with van der Waals surface area (Å²) in [7, 11) is 0. The van der Waals surface area contributed by atoms with E-state index in [9.17, 15) is 9.59 Å². The quantitative estimate of drug-likeness (QED) is 0.759. The van der Waals surface area contributed by atoms with Crippen molar-refractivity contribution in [2.45, 2.75) is 39.8 Å². The van der Waals surface area contributed by atoms with Crippen LogP contribution >= 0.6 is 0 Å². The minimum Gasteiger partial charge on any atom is -0.461 e. The molecule has 0 radical (unpaired) electrons. The zero-order valence-corrected chi connectivity index (χ0v) is 11.1. The van der Waals surface area contributed by atoms with Gasteiger partial charge in [0.25, 0.3) is 0 Å². The third-order valence-electron chi connectivity index (χ3n) is 1.90. The highest BCUT2D eigenvalue weighted by molar-refractivity contribution is 5.87. The maximum atomic E-state index is 11.6. The third kappa shape index (κ3) is 4.20. The molecule has 0 amide bonds. The fourth-order valence-electron chi connectivity index (χ4n) is 1.33. The number of carbonyl (C=O) groups excluding carboxylic acids is 2. The van der Waals surface area contributed by atoms with Crippen molar-refractivity contribution in [1.82, 2.24) is 9.78 Å². The van der Waals surface area contributed by atoms with Crippen molar-refractivity contribution in [2.75, 3.05) is 6.61 Å². The van der Waals surface area contributed by atoms with Crippen LogP contribution in [0.1, 0.15) is 38.2 Å². The van der Waals surface area contributed by atoms with Crippen LogP contribution in [0.3, 0.4) is 0 Å². The highest BCUT2D eigenvalue weighted by Crippen LogP contribution is 2.09. The molecule has 18 heavy (non-hydrogen) atoms. The number of nitrogens with zero attached hydrogens (tertiary/aromatic N) is 2. The Kier molecular flexibility index (Phi) is 4.47. The summed E-state index contributed by atoms with van der Waals surface area (Å²) >= 11 is 0. The van der Waals surface area contributed by atoms with E-state index in [2.05, 4.69) is 5.10 Å². The summed E-state index contributed by atoms with van der Waals surface area (Å²) in [6.07, 6.45) is 1.44. The zero-order chi connectivity index (χ0) is 13.8. The summed E-state index contributed by atoms with van der Waals surface area (Å²) in [5.41, 5.74) is -0.323. The fraction of sp³-hybridized carbons (Fsp3) is 0.583. The second-order valence-corrected chi connectivity index (χ2v) is 4.68. The van der Waals surface area contributed by atoms with Gasteiger partial charge in [0, 0.05) is 6.20 Å². The molecule has 1 rings (SSSR count). The molecule has 6 nitrogen and oxygen atoms in total. The van der Waals surface area contributed by atoms with E-state index in [1.807, 2.05) is 0 Å². The lowest BCUT2D eigenvalue weighted by Crippen LogP contribution is -2.28. The van der Waals surface area contributed by atoms with Gasteiger partial charge in [0.2, 0.25) is 0 Å². The van der Waals surface area contributed by atoms with Crippen LogP contribution in [0.5, 0.6) is 0 Å². The number of rotatable bonds is 4. The topological polar surface area (TPSA) is 70.4 Å². The molecule has 1 aromatic rings. The minimum atomic E-state index is -0.561. The van der Waals surface area contributed by atoms with Gasteiger partial charge in [-0.15, -0.1) is 0 Å². The second-order valence-electron chi connectivity index (χ2n) is 4.68. The SMILES string of the molecule is CCOC(=O)c1ccnn1CC(=O)OC(C)(C)C. The molecule has 0 unspecified atom stereocenters. The number of hydrogen-bond donors (Lipinski definition) is 0. The molecule has 0 aromatic carbocycles. The van der Waals surface area contributed by atoms with Gasteiger partial charge in [-0.25, -0.2) is 9.48 Å². The van der Waals surface area contributed by atoms with Crippen molar-refractivity contribution < 1.29 is 19.1 Å². The second kappa shape index (κ2) is 5.66. The first-order valence-corrected chi connectivity index (χ1v) is 5.74. The van der Waals surface area contributed by atoms with Crippen LogP contribution in [0.25, 0.3) is 0 Å². The number of aromatic nitrogens is 2. The highest BCUT2D eigenvalue weighted by atomic mass is 16.6. The maximum Gasteiger partial charge on any atom is 0.356 e. The average molecular weight is 254 g/mol. The first kappa shape index (κ1) is 14.2. The van der Waals surface area contributed by atoms with E-state index in [1.54, 1.807) is 27.7 Å². The number of esters is 2. The van der Waals surface area contributed by atoms with Gasteiger partial charge in [0.15, 0.2) is 0 Å². The van der Waals surface area contributed by atoms with Crippen LogP contribution in [0, 0.1) is 0 Å². The average Bonchev–Trinajstić information content (AvgIpc) is 2.62. The normalized spacial score (nSPS) is 11.1. The third-order valence-corrected chi connectivity index (χ3v) is 1.90. The van der Waals surface area contributed by atoms with E-state index in [1.165, 1.54) is 16.9 Å². The van der Waals surface area contributed by atoms with Crippen molar-refractivity contribution in [3.8, 4) is 0 Å². The summed E-state index contributed by atoms with van der Waals surface area (Å²) in [5, 5.41) is 3.90. The van der Waals surface area contributed by atoms with Crippen molar-refractivity contribution in [3.63, 3.8) is 0 Å². The van der Waals surface area contributed by atoms with Crippen LogP contribution < -0.4 is 0 Å². The molecule has 6 heteroatoms. The summed E-state index contributed by atoms with van der Waals surface area (Å²) in [5.74, 6) is -0.949. The Morgan fingerprint density at radius 2 is 2.06 bits per heavy atom. The van der Waals surface area contributed by atoms with Crippen LogP contribution in [-0.2, 0) is 20.8 Å². The predicted molar refractivity (Wildman–Crippen MR) is 64.0 cm³/mol. The van der Waals surface area contributed by atoms with E-state index in [4.69, 9.17) is 9.47 Å². The standard InChI is InChI=1S/C12H18N2O4/c1-5-17-11(16)9-6-7-13-14(9)8-10(15)18-12(2,3)4/h6-7H,5,8H2,1-4H3. The Morgan fingerprint density at radius 3 is 2.61 bits per heavy atom. The zero-order valence-electron chi connectivity index (χ0n) is 11.1. The number of ether oxygens (including phenoxy) is 2. The molecule has 0 aliphatic heterocycles. The Labute approximate surface area is 106 Å². The molecule has 0 saturated carbocycles. The summed E-state index contributed by atoms with van der Waals surface area (Å²) in [4.78, 5) is 23.2. The molecule has 100 valence electrons. The summed E-state index contributed by atoms with van der Waals surface area (Å²) < 4.78 is 11.3. The van der Waals surface area contributed by atoms with Gasteiger partial charge in [0.05, 0.1) is 6.61 Å². The van der Waals surface area contributed by atoms with Gasteiger partial charge < -0.3 is 9.47 Å². The van der Waals surface area contributed by atoms with E-state index < -0.39 is 17.5 Å². The molecule has 0 bridgehead atoms. The van der Waals surface area contributed by atoms with Gasteiger partial charge >= 0.3 is 11.9 Å². The molecule has 0 atom stereocenters. The molecule has 1 heterocycles. The highest BCUT2D eigenvalue weighted by Gasteiger charge is 2.20. The molecule has 0 aliphatic rings. The Balaban J connectivity index is 2.71. The van der Waals surface area contributed by atoms with E-state index >= 15 is 0 Å². The van der Waals surface area contributed by atoms with Gasteiger partial charge in [0.1, 0.15) is 17.8 Å². The fourth-order valence-corrected chi connectivity index (χ4v) is 1.33. The van der Waals surface area contributed by atoms with E-state index in [0.717, 1.165) is 0 Å². The van der Waals surface area contributed by atoms with Crippen molar-refractivity contribution in [3.05, 3.63) is 18.0 Å². The molecular weight excluding hydrogens is 236 g/mol. The molecule has 0 saturated heterocycles. The first-order chi connectivity index (χ1) is 8.33. The smallest absolute Gasteiger partial charge is 0.356 e. The van der Waals surface area contributed by atoms with Gasteiger partial charge in [-0.05, 0) is 33.8 Å². The molecule has 0 aliphatic carbocycles. The van der Waals surface area contributed by atoms with Crippen molar-refractivity contribution in [2.24, 2.45) is 0 Å². The van der Waals surface area contributed by atoms with Gasteiger partial charge in [-0.3, -0.25) is 4.79 Å². The largest absolute Gasteiger partial charge is 0.461 e. The summed E-state index contributed by atoms with van der Waals surface area (Å²) in [6.45, 7) is 7.21. The van der Waals surface area contributed by atoms with Crippen LogP contribution in [-0.4, -0.2) is 33.9 Å². The predicted octanol–water partition coefficient (Wildman–Crippen LogP) is 1.40. The van der Waals surface area contributed by atoms with Crippen molar-refractivity contribution in [1.29, 1.82) is 0 Å². The number of carbonyl (C=O) groups is 2. The monoisotopic (exact) mass is 254 g/mol. The lowest BCUT2D eigenvalue weighted by molar-refractivity contribution is -0.155. The molecular formula is C12H18N2O4. The van der Waals surface area contributed by atoms with E-state index in [-0.39, 0.29) is 18.8 Å². The Morgan fingerprint density at radius 1 is 1.39 bits per heavy atom. The summed E-state index contributed by atoms with van der Waals surface area (Å²) in [6, 6.07) is 1.50. The van der Waals surface area contributed by atoms with Crippen molar-refractivity contribution >= 4 is 11.9 Å². The van der Waals surface area contributed by atoms with Gasteiger partial charge in [-0.1, -0.05) is 0 Å². The van der Waals surface area contributed by atoms with Gasteiger partial charge in [-0.2, -0.15) is 5.10 Å². The maximum absolute atomic E-state index is 11.6. The molecule has 1 aromatic heterocycles. The van der Waals surface area contributed by atoms with Crippen LogP contribution in [0.4, 0.5) is 0 Å². The van der Waals surface area contributed by atoms with Crippen LogP contribution in [0.15, 0.2) is 12.3 Å². The Hall–Kier alpha value is -1.85. The lowest BCUT2D eigenvalue weighted by Gasteiger charge is -2.19. The van der Waals surface area contributed by atoms with Crippen LogP contribution in [0.2, 0.25) is 0 Å². The molecule has 0 N–H and O–H groups in total.